The zero-order chi connectivity index (χ0) is 28.1. The van der Waals surface area contributed by atoms with E-state index in [1.807, 2.05) is 50.5 Å². The Morgan fingerprint density at radius 2 is 1.76 bits per heavy atom. The van der Waals surface area contributed by atoms with Gasteiger partial charge in [-0.15, -0.1) is 0 Å². The van der Waals surface area contributed by atoms with E-state index in [4.69, 9.17) is 4.98 Å². The zero-order valence-corrected chi connectivity index (χ0v) is 23.0. The second-order valence-electron chi connectivity index (χ2n) is 10.8. The van der Waals surface area contributed by atoms with E-state index in [1.54, 1.807) is 0 Å². The summed E-state index contributed by atoms with van der Waals surface area (Å²) in [6.07, 6.45) is 7.41. The molecule has 41 heavy (non-hydrogen) atoms. The SMILES string of the molecule is Cc1cc(Nc2cc(C)[nH]n2)nc(-c2ccc(N3CC4CC(C3)N4[C@H](C)c3ccc(-n4cc(F)cn4)nc3)nc2)n1. The van der Waals surface area contributed by atoms with Crippen LogP contribution >= 0.6 is 0 Å². The molecule has 3 fully saturated rings. The van der Waals surface area contributed by atoms with E-state index in [-0.39, 0.29) is 11.9 Å². The number of aromatic nitrogens is 8. The number of anilines is 3. The molecule has 3 saturated heterocycles. The lowest BCUT2D eigenvalue weighted by Gasteiger charge is -2.59. The van der Waals surface area contributed by atoms with Gasteiger partial charge in [0, 0.05) is 72.7 Å². The lowest BCUT2D eigenvalue weighted by atomic mass is 9.84. The number of fused-ring (bicyclic) bond motifs is 2. The molecule has 8 rings (SSSR count). The molecule has 0 amide bonds. The fourth-order valence-corrected chi connectivity index (χ4v) is 5.92. The third-order valence-electron chi connectivity index (χ3n) is 7.88. The lowest BCUT2D eigenvalue weighted by molar-refractivity contribution is -0.0344. The summed E-state index contributed by atoms with van der Waals surface area (Å²) in [4.78, 5) is 23.6. The summed E-state index contributed by atoms with van der Waals surface area (Å²) in [5.41, 5.74) is 3.84. The van der Waals surface area contributed by atoms with Crippen molar-refractivity contribution in [2.45, 2.75) is 45.3 Å². The molecule has 12 heteroatoms. The highest BCUT2D eigenvalue weighted by Gasteiger charge is 2.47. The number of hydrogen-bond acceptors (Lipinski definition) is 9. The normalized spacial score (nSPS) is 19.2. The summed E-state index contributed by atoms with van der Waals surface area (Å²) < 4.78 is 14.8. The van der Waals surface area contributed by atoms with Crippen LogP contribution in [0.3, 0.4) is 0 Å². The minimum absolute atomic E-state index is 0.235. The van der Waals surface area contributed by atoms with Gasteiger partial charge in [-0.3, -0.25) is 10.00 Å². The summed E-state index contributed by atoms with van der Waals surface area (Å²) in [6, 6.07) is 13.0. The molecule has 0 spiro atoms. The predicted molar refractivity (Wildman–Crippen MR) is 153 cm³/mol. The largest absolute Gasteiger partial charge is 0.353 e. The molecular weight excluding hydrogens is 521 g/mol. The second-order valence-corrected chi connectivity index (χ2v) is 10.8. The first-order chi connectivity index (χ1) is 19.9. The van der Waals surface area contributed by atoms with E-state index in [2.05, 4.69) is 64.4 Å². The van der Waals surface area contributed by atoms with Crippen LogP contribution in [0.4, 0.5) is 21.8 Å². The van der Waals surface area contributed by atoms with Crippen LogP contribution in [-0.2, 0) is 0 Å². The summed E-state index contributed by atoms with van der Waals surface area (Å²) in [5.74, 6) is 3.21. The van der Waals surface area contributed by atoms with Crippen LogP contribution in [0.25, 0.3) is 17.2 Å². The first-order valence-electron chi connectivity index (χ1n) is 13.7. The predicted octanol–water partition coefficient (Wildman–Crippen LogP) is 4.37. The van der Waals surface area contributed by atoms with Crippen molar-refractivity contribution in [1.29, 1.82) is 0 Å². The maximum Gasteiger partial charge on any atom is 0.163 e. The van der Waals surface area contributed by atoms with Crippen molar-refractivity contribution in [2.24, 2.45) is 0 Å². The van der Waals surface area contributed by atoms with Gasteiger partial charge in [0.2, 0.25) is 0 Å². The molecule has 2 unspecified atom stereocenters. The van der Waals surface area contributed by atoms with Crippen LogP contribution in [-0.4, -0.2) is 70.0 Å². The molecule has 208 valence electrons. The third kappa shape index (κ3) is 4.91. The highest BCUT2D eigenvalue weighted by Crippen LogP contribution is 2.40. The van der Waals surface area contributed by atoms with E-state index < -0.39 is 0 Å². The van der Waals surface area contributed by atoms with Crippen LogP contribution in [0.5, 0.6) is 0 Å². The zero-order valence-electron chi connectivity index (χ0n) is 23.0. The van der Waals surface area contributed by atoms with E-state index in [0.717, 1.165) is 41.4 Å². The molecular formula is C29H30FN11. The van der Waals surface area contributed by atoms with Gasteiger partial charge >= 0.3 is 0 Å². The summed E-state index contributed by atoms with van der Waals surface area (Å²) in [7, 11) is 0. The van der Waals surface area contributed by atoms with Gasteiger partial charge in [0.05, 0.1) is 12.4 Å². The second kappa shape index (κ2) is 10.0. The highest BCUT2D eigenvalue weighted by atomic mass is 19.1. The number of hydrogen-bond donors (Lipinski definition) is 2. The highest BCUT2D eigenvalue weighted by molar-refractivity contribution is 5.61. The van der Waals surface area contributed by atoms with Gasteiger partial charge < -0.3 is 10.2 Å². The molecule has 11 nitrogen and oxygen atoms in total. The molecule has 5 aromatic heterocycles. The smallest absolute Gasteiger partial charge is 0.163 e. The van der Waals surface area contributed by atoms with Gasteiger partial charge in [0.25, 0.3) is 0 Å². The van der Waals surface area contributed by atoms with Crippen LogP contribution in [0.2, 0.25) is 0 Å². The first-order valence-corrected chi connectivity index (χ1v) is 13.7. The Bertz CT molecular complexity index is 1670. The minimum Gasteiger partial charge on any atom is -0.353 e. The topological polar surface area (TPSA) is 117 Å². The third-order valence-corrected chi connectivity index (χ3v) is 7.88. The number of halogens is 1. The molecule has 3 aliphatic rings. The fraction of sp³-hybridized carbons (Fsp3) is 0.310. The van der Waals surface area contributed by atoms with Crippen LogP contribution in [0, 0.1) is 19.7 Å². The van der Waals surface area contributed by atoms with Crippen molar-refractivity contribution in [2.75, 3.05) is 23.3 Å². The van der Waals surface area contributed by atoms with Gasteiger partial charge in [0.1, 0.15) is 11.6 Å². The van der Waals surface area contributed by atoms with E-state index in [9.17, 15) is 4.39 Å². The minimum atomic E-state index is -0.377. The van der Waals surface area contributed by atoms with Gasteiger partial charge in [0.15, 0.2) is 23.3 Å². The lowest BCUT2D eigenvalue weighted by Crippen LogP contribution is -2.69. The molecule has 2 N–H and O–H groups in total. The molecule has 0 radical (unpaired) electrons. The molecule has 0 aromatic carbocycles. The Kier molecular flexibility index (Phi) is 6.19. The van der Waals surface area contributed by atoms with Gasteiger partial charge in [-0.05, 0) is 51.0 Å². The van der Waals surface area contributed by atoms with Crippen molar-refractivity contribution < 1.29 is 4.39 Å². The van der Waals surface area contributed by atoms with Crippen molar-refractivity contribution in [3.63, 3.8) is 0 Å². The van der Waals surface area contributed by atoms with Gasteiger partial charge in [-0.2, -0.15) is 10.2 Å². The van der Waals surface area contributed by atoms with Crippen molar-refractivity contribution in [1.82, 2.24) is 44.8 Å². The summed E-state index contributed by atoms with van der Waals surface area (Å²) in [5, 5.41) is 14.4. The Morgan fingerprint density at radius 1 is 0.951 bits per heavy atom. The number of H-pyrrole nitrogens is 1. The van der Waals surface area contributed by atoms with E-state index >= 15 is 0 Å². The monoisotopic (exact) mass is 551 g/mol. The Morgan fingerprint density at radius 3 is 2.41 bits per heavy atom. The standard InChI is InChI=1S/C29H30FN11/c1-17-8-25(35-26-9-18(2)37-38-26)36-29(34-17)21-5-6-27(31-12-21)39-15-23-10-24(16-39)41(23)19(3)20-4-7-28(32-11-20)40-14-22(30)13-33-40/h4-9,11-14,19,23-24H,10,15-16H2,1-3H3,(H2,34,35,36,37,38)/t19-,23?,24?/m1/s1. The number of nitrogens with one attached hydrogen (secondary N) is 2. The number of aryl methyl sites for hydroxylation is 2. The van der Waals surface area contributed by atoms with Gasteiger partial charge in [-0.1, -0.05) is 6.07 Å². The summed E-state index contributed by atoms with van der Waals surface area (Å²) >= 11 is 0. The molecule has 2 bridgehead atoms. The number of rotatable bonds is 7. The van der Waals surface area contributed by atoms with Gasteiger partial charge in [-0.25, -0.2) is 29.0 Å². The number of pyridine rings is 2. The molecule has 0 saturated carbocycles. The quantitative estimate of drug-likeness (QED) is 0.304. The molecule has 3 atom stereocenters. The van der Waals surface area contributed by atoms with Crippen LogP contribution in [0.1, 0.15) is 36.3 Å². The Balaban J connectivity index is 1.01. The molecule has 0 aliphatic carbocycles. The maximum atomic E-state index is 13.3. The van der Waals surface area contributed by atoms with E-state index in [0.29, 0.717) is 35.4 Å². The molecule has 8 heterocycles. The number of aromatic amines is 1. The van der Waals surface area contributed by atoms with E-state index in [1.165, 1.54) is 23.5 Å². The maximum absolute atomic E-state index is 13.3. The molecule has 3 aliphatic heterocycles. The van der Waals surface area contributed by atoms with Crippen LogP contribution in [0.15, 0.2) is 61.2 Å². The summed E-state index contributed by atoms with van der Waals surface area (Å²) in [6.45, 7) is 7.97. The van der Waals surface area contributed by atoms with Crippen molar-refractivity contribution in [3.8, 4) is 17.2 Å². The number of nitrogens with zero attached hydrogens (tertiary/aromatic N) is 9. The van der Waals surface area contributed by atoms with Crippen molar-refractivity contribution in [3.05, 3.63) is 84.0 Å². The number of piperazine rings is 1. The van der Waals surface area contributed by atoms with Crippen LogP contribution < -0.4 is 10.2 Å². The fourth-order valence-electron chi connectivity index (χ4n) is 5.92. The average molecular weight is 552 g/mol. The molecule has 5 aromatic rings. The Labute approximate surface area is 236 Å². The Hall–Kier alpha value is -4.71. The van der Waals surface area contributed by atoms with Crippen molar-refractivity contribution >= 4 is 17.5 Å². The average Bonchev–Trinajstić information content (AvgIpc) is 3.60. The number of piperidine rings is 1. The first kappa shape index (κ1) is 25.3.